The number of halogens is 1. The summed E-state index contributed by atoms with van der Waals surface area (Å²) in [5.74, 6) is -0.686. The van der Waals surface area contributed by atoms with E-state index >= 15 is 0 Å². The van der Waals surface area contributed by atoms with Gasteiger partial charge in [-0.2, -0.15) is 0 Å². The van der Waals surface area contributed by atoms with Gasteiger partial charge in [-0.1, -0.05) is 0 Å². The molecule has 1 amide bonds. The van der Waals surface area contributed by atoms with Gasteiger partial charge in [-0.25, -0.2) is 4.39 Å². The van der Waals surface area contributed by atoms with Crippen LogP contribution >= 0.6 is 0 Å². The Balaban J connectivity index is 1.86. The van der Waals surface area contributed by atoms with E-state index in [2.05, 4.69) is 0 Å². The van der Waals surface area contributed by atoms with Crippen LogP contribution in [-0.2, 0) is 9.31 Å². The summed E-state index contributed by atoms with van der Waals surface area (Å²) in [5, 5.41) is 0. The van der Waals surface area contributed by atoms with E-state index in [9.17, 15) is 9.18 Å². The molecule has 2 saturated heterocycles. The van der Waals surface area contributed by atoms with Gasteiger partial charge < -0.3 is 19.9 Å². The largest absolute Gasteiger partial charge is 0.494 e. The van der Waals surface area contributed by atoms with Crippen molar-refractivity contribution in [2.24, 2.45) is 5.73 Å². The zero-order valence-electron chi connectivity index (χ0n) is 14.6. The molecule has 2 aliphatic rings. The number of rotatable bonds is 2. The Bertz CT molecular complexity index is 649. The van der Waals surface area contributed by atoms with Crippen LogP contribution in [0.3, 0.4) is 0 Å². The van der Waals surface area contributed by atoms with Gasteiger partial charge >= 0.3 is 7.12 Å². The monoisotopic (exact) mass is 334 g/mol. The lowest BCUT2D eigenvalue weighted by atomic mass is 9.78. The second-order valence-electron chi connectivity index (χ2n) is 7.66. The SMILES string of the molecule is CC1(C)OB(c2cc(F)cc(C(=O)N3CC[C@H](N)C3)c2)OC1(C)C. The highest BCUT2D eigenvalue weighted by Crippen LogP contribution is 2.36. The minimum atomic E-state index is -0.696. The van der Waals surface area contributed by atoms with Gasteiger partial charge in [-0.15, -0.1) is 0 Å². The second-order valence-corrected chi connectivity index (χ2v) is 7.66. The first-order valence-electron chi connectivity index (χ1n) is 8.30. The lowest BCUT2D eigenvalue weighted by molar-refractivity contribution is 0.00578. The number of hydrogen-bond donors (Lipinski definition) is 1. The zero-order valence-corrected chi connectivity index (χ0v) is 14.6. The molecule has 0 unspecified atom stereocenters. The average Bonchev–Trinajstić information content (AvgIpc) is 2.99. The molecule has 24 heavy (non-hydrogen) atoms. The van der Waals surface area contributed by atoms with E-state index < -0.39 is 24.1 Å². The van der Waals surface area contributed by atoms with E-state index in [1.54, 1.807) is 11.0 Å². The van der Waals surface area contributed by atoms with Crippen LogP contribution < -0.4 is 11.2 Å². The van der Waals surface area contributed by atoms with Gasteiger partial charge in [0.1, 0.15) is 5.82 Å². The fourth-order valence-corrected chi connectivity index (χ4v) is 3.01. The van der Waals surface area contributed by atoms with Gasteiger partial charge in [0.25, 0.3) is 5.91 Å². The van der Waals surface area contributed by atoms with Crippen LogP contribution in [0.4, 0.5) is 4.39 Å². The molecule has 2 N–H and O–H groups in total. The molecule has 0 spiro atoms. The maximum atomic E-state index is 14.1. The van der Waals surface area contributed by atoms with Crippen molar-refractivity contribution in [3.8, 4) is 0 Å². The van der Waals surface area contributed by atoms with Crippen LogP contribution in [0.15, 0.2) is 18.2 Å². The third kappa shape index (κ3) is 3.08. The molecule has 1 aromatic rings. The van der Waals surface area contributed by atoms with Gasteiger partial charge in [0.15, 0.2) is 0 Å². The van der Waals surface area contributed by atoms with Gasteiger partial charge in [-0.3, -0.25) is 4.79 Å². The lowest BCUT2D eigenvalue weighted by Gasteiger charge is -2.32. The molecule has 2 aliphatic heterocycles. The van der Waals surface area contributed by atoms with Crippen LogP contribution in [0.2, 0.25) is 0 Å². The van der Waals surface area contributed by atoms with Gasteiger partial charge in [0, 0.05) is 24.7 Å². The molecular weight excluding hydrogens is 310 g/mol. The predicted octanol–water partition coefficient (Wildman–Crippen LogP) is 1.30. The molecule has 0 aliphatic carbocycles. The molecule has 1 aromatic carbocycles. The van der Waals surface area contributed by atoms with Gasteiger partial charge in [0.2, 0.25) is 0 Å². The Morgan fingerprint density at radius 1 is 1.25 bits per heavy atom. The van der Waals surface area contributed by atoms with Crippen LogP contribution in [0.5, 0.6) is 0 Å². The average molecular weight is 334 g/mol. The minimum Gasteiger partial charge on any atom is -0.399 e. The first-order valence-corrected chi connectivity index (χ1v) is 8.30. The third-order valence-corrected chi connectivity index (χ3v) is 5.20. The maximum Gasteiger partial charge on any atom is 0.494 e. The molecule has 0 radical (unpaired) electrons. The summed E-state index contributed by atoms with van der Waals surface area (Å²) in [6.45, 7) is 8.84. The van der Waals surface area contributed by atoms with Crippen LogP contribution in [0.25, 0.3) is 0 Å². The van der Waals surface area contributed by atoms with E-state index in [0.717, 1.165) is 6.42 Å². The van der Waals surface area contributed by atoms with Gasteiger partial charge in [-0.05, 0) is 57.8 Å². The van der Waals surface area contributed by atoms with Crippen molar-refractivity contribution in [3.05, 3.63) is 29.6 Å². The Morgan fingerprint density at radius 2 is 1.88 bits per heavy atom. The fourth-order valence-electron chi connectivity index (χ4n) is 3.01. The van der Waals surface area contributed by atoms with E-state index in [1.165, 1.54) is 12.1 Å². The number of carbonyl (C=O) groups excluding carboxylic acids is 1. The van der Waals surface area contributed by atoms with Crippen molar-refractivity contribution in [2.45, 2.75) is 51.4 Å². The summed E-state index contributed by atoms with van der Waals surface area (Å²) < 4.78 is 26.0. The molecule has 2 fully saturated rings. The van der Waals surface area contributed by atoms with Crippen molar-refractivity contribution >= 4 is 18.5 Å². The quantitative estimate of drug-likeness (QED) is 0.828. The molecule has 130 valence electrons. The molecule has 3 rings (SSSR count). The molecule has 0 saturated carbocycles. The lowest BCUT2D eigenvalue weighted by Crippen LogP contribution is -2.41. The zero-order chi connectivity index (χ0) is 17.7. The molecule has 5 nitrogen and oxygen atoms in total. The first-order chi connectivity index (χ1) is 11.1. The highest BCUT2D eigenvalue weighted by atomic mass is 19.1. The Labute approximate surface area is 142 Å². The summed E-state index contributed by atoms with van der Waals surface area (Å²) in [6, 6.07) is 4.25. The highest BCUT2D eigenvalue weighted by molar-refractivity contribution is 6.62. The molecule has 0 aromatic heterocycles. The van der Waals surface area contributed by atoms with E-state index in [-0.39, 0.29) is 11.9 Å². The minimum absolute atomic E-state index is 0.00919. The van der Waals surface area contributed by atoms with Crippen LogP contribution in [0.1, 0.15) is 44.5 Å². The Kier molecular flexibility index (Phi) is 4.22. The van der Waals surface area contributed by atoms with Crippen molar-refractivity contribution < 1.29 is 18.5 Å². The van der Waals surface area contributed by atoms with E-state index in [1.807, 2.05) is 27.7 Å². The van der Waals surface area contributed by atoms with Crippen LogP contribution in [0, 0.1) is 5.82 Å². The number of hydrogen-bond acceptors (Lipinski definition) is 4. The smallest absolute Gasteiger partial charge is 0.399 e. The molecular formula is C17H24BFN2O3. The normalized spacial score (nSPS) is 25.3. The summed E-state index contributed by atoms with van der Waals surface area (Å²) in [5.41, 5.74) is 5.63. The first kappa shape index (κ1) is 17.4. The number of benzene rings is 1. The van der Waals surface area contributed by atoms with Crippen molar-refractivity contribution in [1.29, 1.82) is 0 Å². The molecule has 2 heterocycles. The highest BCUT2D eigenvalue weighted by Gasteiger charge is 2.51. The van der Waals surface area contributed by atoms with Crippen LogP contribution in [-0.4, -0.2) is 48.3 Å². The standard InChI is InChI=1S/C17H24BFN2O3/c1-16(2)17(3,4)24-18(23-16)12-7-11(8-13(19)9-12)15(22)21-6-5-14(20)10-21/h7-9,14H,5-6,10,20H2,1-4H3/t14-/m0/s1. The number of amides is 1. The topological polar surface area (TPSA) is 64.8 Å². The van der Waals surface area contributed by atoms with E-state index in [4.69, 9.17) is 15.0 Å². The summed E-state index contributed by atoms with van der Waals surface area (Å²) in [4.78, 5) is 14.2. The van der Waals surface area contributed by atoms with E-state index in [0.29, 0.717) is 24.1 Å². The van der Waals surface area contributed by atoms with Gasteiger partial charge in [0.05, 0.1) is 11.2 Å². The molecule has 1 atom stereocenters. The van der Waals surface area contributed by atoms with Crippen molar-refractivity contribution in [3.63, 3.8) is 0 Å². The number of carbonyl (C=O) groups is 1. The summed E-state index contributed by atoms with van der Waals surface area (Å²) >= 11 is 0. The number of likely N-dealkylation sites (tertiary alicyclic amines) is 1. The van der Waals surface area contributed by atoms with Crippen molar-refractivity contribution in [2.75, 3.05) is 13.1 Å². The second kappa shape index (κ2) is 5.83. The summed E-state index contributed by atoms with van der Waals surface area (Å²) in [7, 11) is -0.696. The Morgan fingerprint density at radius 3 is 2.42 bits per heavy atom. The number of nitrogens with zero attached hydrogens (tertiary/aromatic N) is 1. The predicted molar refractivity (Wildman–Crippen MR) is 90.6 cm³/mol. The molecule has 0 bridgehead atoms. The number of nitrogens with two attached hydrogens (primary N) is 1. The Hall–Kier alpha value is -1.44. The fraction of sp³-hybridized carbons (Fsp3) is 0.588. The maximum absolute atomic E-state index is 14.1. The van der Waals surface area contributed by atoms with Crippen molar-refractivity contribution in [1.82, 2.24) is 4.90 Å². The summed E-state index contributed by atoms with van der Waals surface area (Å²) in [6.07, 6.45) is 0.769. The molecule has 7 heteroatoms. The third-order valence-electron chi connectivity index (χ3n) is 5.20.